The van der Waals surface area contributed by atoms with Gasteiger partial charge in [-0.05, 0) is 11.5 Å². The predicted molar refractivity (Wildman–Crippen MR) is 60.6 cm³/mol. The van der Waals surface area contributed by atoms with Gasteiger partial charge < -0.3 is 5.73 Å². The van der Waals surface area contributed by atoms with E-state index >= 15 is 0 Å². The highest BCUT2D eigenvalue weighted by Crippen LogP contribution is 2.15. The first kappa shape index (κ1) is 10.7. The van der Waals surface area contributed by atoms with E-state index < -0.39 is 5.91 Å². The van der Waals surface area contributed by atoms with Crippen molar-refractivity contribution >= 4 is 33.7 Å². The predicted octanol–water partition coefficient (Wildman–Crippen LogP) is 1.91. The molecule has 1 aromatic heterocycles. The number of nitrogens with two attached hydrogens (primary N) is 1. The number of fused-ring (bicyclic) bond motifs is 1. The summed E-state index contributed by atoms with van der Waals surface area (Å²) in [5.74, 6) is -0.489. The molecule has 0 fully saturated rings. The SMILES string of the molecule is Br.NC(=O)c1nccc2ccccc12. The Morgan fingerprint density at radius 3 is 2.64 bits per heavy atom. The molecule has 14 heavy (non-hydrogen) atoms. The van der Waals surface area contributed by atoms with Crippen molar-refractivity contribution in [2.45, 2.75) is 0 Å². The second-order valence-electron chi connectivity index (χ2n) is 2.74. The van der Waals surface area contributed by atoms with E-state index in [4.69, 9.17) is 5.73 Å². The lowest BCUT2D eigenvalue weighted by Gasteiger charge is -2.00. The number of benzene rings is 1. The number of nitrogens with zero attached hydrogens (tertiary/aromatic N) is 1. The molecule has 0 aliphatic carbocycles. The molecular formula is C10H9BrN2O. The molecule has 3 nitrogen and oxygen atoms in total. The van der Waals surface area contributed by atoms with Crippen molar-refractivity contribution in [1.82, 2.24) is 4.98 Å². The van der Waals surface area contributed by atoms with Crippen molar-refractivity contribution in [3.8, 4) is 0 Å². The Labute approximate surface area is 91.7 Å². The number of rotatable bonds is 1. The van der Waals surface area contributed by atoms with Gasteiger partial charge in [0.15, 0.2) is 0 Å². The molecule has 0 radical (unpaired) electrons. The normalized spacial score (nSPS) is 9.43. The van der Waals surface area contributed by atoms with E-state index in [1.807, 2.05) is 30.3 Å². The van der Waals surface area contributed by atoms with Crippen LogP contribution in [0.4, 0.5) is 0 Å². The minimum atomic E-state index is -0.489. The lowest BCUT2D eigenvalue weighted by Crippen LogP contribution is -2.13. The van der Waals surface area contributed by atoms with Gasteiger partial charge in [0.2, 0.25) is 0 Å². The van der Waals surface area contributed by atoms with Crippen LogP contribution in [0, 0.1) is 0 Å². The zero-order valence-electron chi connectivity index (χ0n) is 7.31. The number of carbonyl (C=O) groups excluding carboxylic acids is 1. The summed E-state index contributed by atoms with van der Waals surface area (Å²) < 4.78 is 0. The van der Waals surface area contributed by atoms with Crippen LogP contribution in [-0.2, 0) is 0 Å². The molecule has 0 aliphatic heterocycles. The average Bonchev–Trinajstić information content (AvgIpc) is 2.17. The van der Waals surface area contributed by atoms with Crippen LogP contribution in [-0.4, -0.2) is 10.9 Å². The van der Waals surface area contributed by atoms with Crippen molar-refractivity contribution in [3.63, 3.8) is 0 Å². The molecule has 4 heteroatoms. The maximum atomic E-state index is 11.0. The van der Waals surface area contributed by atoms with Gasteiger partial charge in [-0.15, -0.1) is 17.0 Å². The molecule has 72 valence electrons. The van der Waals surface area contributed by atoms with Crippen LogP contribution in [0.15, 0.2) is 36.5 Å². The third-order valence-electron chi connectivity index (χ3n) is 1.91. The Balaban J connectivity index is 0.000000980. The number of hydrogen-bond donors (Lipinski definition) is 1. The van der Waals surface area contributed by atoms with Gasteiger partial charge in [0.25, 0.3) is 5.91 Å². The van der Waals surface area contributed by atoms with E-state index in [9.17, 15) is 4.79 Å². The first-order valence-electron chi connectivity index (χ1n) is 3.92. The Bertz CT molecular complexity index is 465. The highest BCUT2D eigenvalue weighted by Gasteiger charge is 2.05. The fraction of sp³-hybridized carbons (Fsp3) is 0. The first-order chi connectivity index (χ1) is 6.29. The maximum Gasteiger partial charge on any atom is 0.267 e. The van der Waals surface area contributed by atoms with Crippen LogP contribution in [0.2, 0.25) is 0 Å². The largest absolute Gasteiger partial charge is 0.364 e. The second-order valence-corrected chi connectivity index (χ2v) is 2.74. The van der Waals surface area contributed by atoms with Crippen LogP contribution < -0.4 is 5.73 Å². The molecule has 0 saturated carbocycles. The summed E-state index contributed by atoms with van der Waals surface area (Å²) in [4.78, 5) is 14.9. The molecule has 1 aromatic carbocycles. The van der Waals surface area contributed by atoms with Gasteiger partial charge in [-0.1, -0.05) is 24.3 Å². The molecule has 1 amide bonds. The first-order valence-corrected chi connectivity index (χ1v) is 3.92. The zero-order valence-corrected chi connectivity index (χ0v) is 9.02. The molecule has 0 spiro atoms. The lowest BCUT2D eigenvalue weighted by molar-refractivity contribution is 0.0997. The Kier molecular flexibility index (Phi) is 3.19. The van der Waals surface area contributed by atoms with Crippen LogP contribution in [0.5, 0.6) is 0 Å². The van der Waals surface area contributed by atoms with E-state index in [-0.39, 0.29) is 17.0 Å². The van der Waals surface area contributed by atoms with Crippen molar-refractivity contribution in [2.75, 3.05) is 0 Å². The van der Waals surface area contributed by atoms with Crippen molar-refractivity contribution in [3.05, 3.63) is 42.2 Å². The second kappa shape index (κ2) is 4.19. The molecule has 0 saturated heterocycles. The molecule has 0 atom stereocenters. The van der Waals surface area contributed by atoms with Crippen molar-refractivity contribution < 1.29 is 4.79 Å². The number of primary amides is 1. The summed E-state index contributed by atoms with van der Waals surface area (Å²) in [6.45, 7) is 0. The van der Waals surface area contributed by atoms with Gasteiger partial charge in [0.05, 0.1) is 0 Å². The fourth-order valence-electron chi connectivity index (χ4n) is 1.32. The summed E-state index contributed by atoms with van der Waals surface area (Å²) in [5.41, 5.74) is 5.51. The molecule has 2 rings (SSSR count). The number of halogens is 1. The van der Waals surface area contributed by atoms with Gasteiger partial charge in [-0.3, -0.25) is 9.78 Å². The van der Waals surface area contributed by atoms with Gasteiger partial charge in [-0.25, -0.2) is 0 Å². The van der Waals surface area contributed by atoms with E-state index in [1.54, 1.807) is 6.20 Å². The summed E-state index contributed by atoms with van der Waals surface area (Å²) in [5, 5.41) is 1.78. The zero-order chi connectivity index (χ0) is 9.26. The van der Waals surface area contributed by atoms with E-state index in [0.717, 1.165) is 10.8 Å². The van der Waals surface area contributed by atoms with Crippen LogP contribution in [0.25, 0.3) is 10.8 Å². The Morgan fingerprint density at radius 2 is 1.93 bits per heavy atom. The van der Waals surface area contributed by atoms with Gasteiger partial charge in [-0.2, -0.15) is 0 Å². The summed E-state index contributed by atoms with van der Waals surface area (Å²) >= 11 is 0. The third kappa shape index (κ3) is 1.75. The number of aromatic nitrogens is 1. The van der Waals surface area contributed by atoms with E-state index in [2.05, 4.69) is 4.98 Å². The average molecular weight is 253 g/mol. The minimum absolute atomic E-state index is 0. The molecule has 0 unspecified atom stereocenters. The maximum absolute atomic E-state index is 11.0. The topological polar surface area (TPSA) is 56.0 Å². The summed E-state index contributed by atoms with van der Waals surface area (Å²) in [6, 6.07) is 9.37. The molecular weight excluding hydrogens is 244 g/mol. The minimum Gasteiger partial charge on any atom is -0.364 e. The fourth-order valence-corrected chi connectivity index (χ4v) is 1.32. The number of hydrogen-bond acceptors (Lipinski definition) is 2. The Hall–Kier alpha value is -1.42. The monoisotopic (exact) mass is 252 g/mol. The van der Waals surface area contributed by atoms with Gasteiger partial charge in [0, 0.05) is 11.6 Å². The number of amides is 1. The van der Waals surface area contributed by atoms with Crippen LogP contribution in [0.1, 0.15) is 10.5 Å². The number of carbonyl (C=O) groups is 1. The number of pyridine rings is 1. The molecule has 2 N–H and O–H groups in total. The quantitative estimate of drug-likeness (QED) is 0.843. The van der Waals surface area contributed by atoms with Gasteiger partial charge >= 0.3 is 0 Å². The smallest absolute Gasteiger partial charge is 0.267 e. The van der Waals surface area contributed by atoms with Crippen LogP contribution >= 0.6 is 17.0 Å². The highest BCUT2D eigenvalue weighted by atomic mass is 79.9. The van der Waals surface area contributed by atoms with E-state index in [0.29, 0.717) is 5.69 Å². The molecule has 0 bridgehead atoms. The molecule has 2 aromatic rings. The summed E-state index contributed by atoms with van der Waals surface area (Å²) in [6.07, 6.45) is 1.59. The van der Waals surface area contributed by atoms with Crippen molar-refractivity contribution in [2.24, 2.45) is 5.73 Å². The third-order valence-corrected chi connectivity index (χ3v) is 1.91. The molecule has 1 heterocycles. The van der Waals surface area contributed by atoms with Crippen molar-refractivity contribution in [1.29, 1.82) is 0 Å². The Morgan fingerprint density at radius 1 is 1.21 bits per heavy atom. The highest BCUT2D eigenvalue weighted by molar-refractivity contribution is 8.93. The molecule has 0 aliphatic rings. The standard InChI is InChI=1S/C10H8N2O.BrH/c11-10(13)9-8-4-2-1-3-7(8)5-6-12-9;/h1-6H,(H2,11,13);1H. The summed E-state index contributed by atoms with van der Waals surface area (Å²) in [7, 11) is 0. The van der Waals surface area contributed by atoms with Crippen LogP contribution in [0.3, 0.4) is 0 Å². The van der Waals surface area contributed by atoms with E-state index in [1.165, 1.54) is 0 Å². The lowest BCUT2D eigenvalue weighted by atomic mass is 10.1. The van der Waals surface area contributed by atoms with Gasteiger partial charge in [0.1, 0.15) is 5.69 Å².